The van der Waals surface area contributed by atoms with Gasteiger partial charge in [0, 0.05) is 5.02 Å². The molecule has 2 rings (SSSR count). The molecule has 19 heavy (non-hydrogen) atoms. The molecule has 1 aromatic carbocycles. The van der Waals surface area contributed by atoms with Crippen LogP contribution in [-0.4, -0.2) is 20.7 Å². The van der Waals surface area contributed by atoms with Crippen LogP contribution in [0.1, 0.15) is 22.0 Å². The van der Waals surface area contributed by atoms with Crippen LogP contribution in [0.5, 0.6) is 0 Å². The highest BCUT2D eigenvalue weighted by molar-refractivity contribution is 6.36. The topological polar surface area (TPSA) is 57.0 Å². The van der Waals surface area contributed by atoms with Crippen LogP contribution < -0.4 is 0 Å². The number of hydrogen-bond acceptors (Lipinski definition) is 4. The van der Waals surface area contributed by atoms with Crippen LogP contribution in [0.3, 0.4) is 0 Å². The summed E-state index contributed by atoms with van der Waals surface area (Å²) in [7, 11) is 0. The normalized spacial score (nSPS) is 10.5. The number of esters is 1. The first kappa shape index (κ1) is 13.8. The van der Waals surface area contributed by atoms with Crippen molar-refractivity contribution in [3.8, 4) is 0 Å². The quantitative estimate of drug-likeness (QED) is 0.818. The molecule has 0 radical (unpaired) electrons. The summed E-state index contributed by atoms with van der Waals surface area (Å²) in [6, 6.07) is 4.59. The number of aromatic nitrogens is 3. The molecule has 0 fully saturated rings. The number of carbonyl (C=O) groups is 1. The zero-order valence-electron chi connectivity index (χ0n) is 10.4. The standard InChI is InChI=1S/C12H11Cl2N3O2/c1-7-15-8(2)17(16-7)6-19-12(18)10-4-3-9(13)5-11(10)14/h3-5H,6H2,1-2H3. The third-order valence-electron chi connectivity index (χ3n) is 2.43. The highest BCUT2D eigenvalue weighted by Crippen LogP contribution is 2.21. The van der Waals surface area contributed by atoms with E-state index in [1.807, 2.05) is 0 Å². The first-order valence-corrected chi connectivity index (χ1v) is 6.23. The van der Waals surface area contributed by atoms with Crippen LogP contribution in [0.4, 0.5) is 0 Å². The molecule has 0 saturated carbocycles. The second-order valence-corrected chi connectivity index (χ2v) is 4.73. The van der Waals surface area contributed by atoms with Crippen LogP contribution in [0.25, 0.3) is 0 Å². The maximum atomic E-state index is 11.9. The van der Waals surface area contributed by atoms with Gasteiger partial charge in [-0.2, -0.15) is 5.10 Å². The van der Waals surface area contributed by atoms with E-state index < -0.39 is 5.97 Å². The molecule has 0 unspecified atom stereocenters. The van der Waals surface area contributed by atoms with Crippen LogP contribution in [0.15, 0.2) is 18.2 Å². The van der Waals surface area contributed by atoms with Crippen molar-refractivity contribution in [2.75, 3.05) is 0 Å². The molecule has 0 spiro atoms. The van der Waals surface area contributed by atoms with E-state index in [1.54, 1.807) is 19.9 Å². The monoisotopic (exact) mass is 299 g/mol. The molecule has 1 heterocycles. The van der Waals surface area contributed by atoms with E-state index in [9.17, 15) is 4.79 Å². The van der Waals surface area contributed by atoms with Gasteiger partial charge in [-0.3, -0.25) is 0 Å². The number of benzene rings is 1. The maximum Gasteiger partial charge on any atom is 0.341 e. The molecule has 5 nitrogen and oxygen atoms in total. The number of halogens is 2. The van der Waals surface area contributed by atoms with Gasteiger partial charge in [-0.05, 0) is 32.0 Å². The van der Waals surface area contributed by atoms with E-state index in [-0.39, 0.29) is 17.3 Å². The number of carbonyl (C=O) groups excluding carboxylic acids is 1. The van der Waals surface area contributed by atoms with E-state index in [4.69, 9.17) is 27.9 Å². The molecule has 0 amide bonds. The average molecular weight is 300 g/mol. The average Bonchev–Trinajstić information content (AvgIpc) is 2.65. The number of rotatable bonds is 3. The van der Waals surface area contributed by atoms with Crippen molar-refractivity contribution in [1.29, 1.82) is 0 Å². The summed E-state index contributed by atoms with van der Waals surface area (Å²) < 4.78 is 6.62. The minimum absolute atomic E-state index is 0.00946. The Labute approximate surface area is 120 Å². The van der Waals surface area contributed by atoms with Crippen molar-refractivity contribution >= 4 is 29.2 Å². The number of nitrogens with zero attached hydrogens (tertiary/aromatic N) is 3. The Morgan fingerprint density at radius 2 is 2.11 bits per heavy atom. The fourth-order valence-electron chi connectivity index (χ4n) is 1.54. The lowest BCUT2D eigenvalue weighted by Crippen LogP contribution is -2.12. The molecule has 0 aliphatic heterocycles. The largest absolute Gasteiger partial charge is 0.439 e. The van der Waals surface area contributed by atoms with E-state index in [0.29, 0.717) is 16.7 Å². The Balaban J connectivity index is 2.07. The lowest BCUT2D eigenvalue weighted by molar-refractivity contribution is 0.0345. The van der Waals surface area contributed by atoms with Crippen molar-refractivity contribution in [2.24, 2.45) is 0 Å². The minimum atomic E-state index is -0.533. The third kappa shape index (κ3) is 3.24. The molecule has 0 aliphatic rings. The molecule has 0 bridgehead atoms. The van der Waals surface area contributed by atoms with Crippen molar-refractivity contribution in [1.82, 2.24) is 14.8 Å². The number of hydrogen-bond donors (Lipinski definition) is 0. The van der Waals surface area contributed by atoms with Crippen molar-refractivity contribution in [3.63, 3.8) is 0 Å². The van der Waals surface area contributed by atoms with E-state index in [1.165, 1.54) is 16.8 Å². The Morgan fingerprint density at radius 1 is 1.37 bits per heavy atom. The molecule has 100 valence electrons. The molecule has 0 aliphatic carbocycles. The Hall–Kier alpha value is -1.59. The molecule has 2 aromatic rings. The lowest BCUT2D eigenvalue weighted by Gasteiger charge is -2.07. The molecule has 0 N–H and O–H groups in total. The van der Waals surface area contributed by atoms with Crippen LogP contribution in [0, 0.1) is 13.8 Å². The molecule has 0 atom stereocenters. The van der Waals surface area contributed by atoms with Crippen molar-refractivity contribution in [3.05, 3.63) is 45.5 Å². The van der Waals surface area contributed by atoms with Gasteiger partial charge < -0.3 is 4.74 Å². The molecule has 1 aromatic heterocycles. The molecular weight excluding hydrogens is 289 g/mol. The van der Waals surface area contributed by atoms with E-state index in [2.05, 4.69) is 10.1 Å². The Bertz CT molecular complexity index is 625. The number of aryl methyl sites for hydroxylation is 2. The zero-order chi connectivity index (χ0) is 14.0. The second kappa shape index (κ2) is 5.59. The van der Waals surface area contributed by atoms with Crippen LogP contribution in [0.2, 0.25) is 10.0 Å². The van der Waals surface area contributed by atoms with E-state index >= 15 is 0 Å². The Kier molecular flexibility index (Phi) is 4.07. The van der Waals surface area contributed by atoms with Gasteiger partial charge in [0.05, 0.1) is 10.6 Å². The van der Waals surface area contributed by atoms with Gasteiger partial charge in [-0.1, -0.05) is 23.2 Å². The zero-order valence-corrected chi connectivity index (χ0v) is 11.9. The fraction of sp³-hybridized carbons (Fsp3) is 0.250. The van der Waals surface area contributed by atoms with Crippen LogP contribution in [-0.2, 0) is 11.5 Å². The third-order valence-corrected chi connectivity index (χ3v) is 2.98. The van der Waals surface area contributed by atoms with Gasteiger partial charge >= 0.3 is 5.97 Å². The van der Waals surface area contributed by atoms with Gasteiger partial charge in [-0.15, -0.1) is 0 Å². The van der Waals surface area contributed by atoms with E-state index in [0.717, 1.165) is 0 Å². The first-order valence-electron chi connectivity index (χ1n) is 5.47. The smallest absolute Gasteiger partial charge is 0.341 e. The maximum absolute atomic E-state index is 11.9. The molecule has 0 saturated heterocycles. The van der Waals surface area contributed by atoms with Gasteiger partial charge in [0.25, 0.3) is 0 Å². The summed E-state index contributed by atoms with van der Waals surface area (Å²) in [4.78, 5) is 16.0. The predicted octanol–water partition coefficient (Wildman–Crippen LogP) is 3.02. The summed E-state index contributed by atoms with van der Waals surface area (Å²) in [5.41, 5.74) is 0.264. The SMILES string of the molecule is Cc1nc(C)n(COC(=O)c2ccc(Cl)cc2Cl)n1. The first-order chi connectivity index (χ1) is 8.97. The van der Waals surface area contributed by atoms with Gasteiger partial charge in [-0.25, -0.2) is 14.5 Å². The van der Waals surface area contributed by atoms with Crippen molar-refractivity contribution < 1.29 is 9.53 Å². The minimum Gasteiger partial charge on any atom is -0.439 e. The predicted molar refractivity (Wildman–Crippen MR) is 71.4 cm³/mol. The Morgan fingerprint density at radius 3 is 2.68 bits per heavy atom. The lowest BCUT2D eigenvalue weighted by atomic mass is 10.2. The summed E-state index contributed by atoms with van der Waals surface area (Å²) in [6.45, 7) is 3.54. The summed E-state index contributed by atoms with van der Waals surface area (Å²) in [6.07, 6.45) is 0. The highest BCUT2D eigenvalue weighted by Gasteiger charge is 2.13. The fourth-order valence-corrected chi connectivity index (χ4v) is 2.02. The highest BCUT2D eigenvalue weighted by atomic mass is 35.5. The van der Waals surface area contributed by atoms with Crippen molar-refractivity contribution in [2.45, 2.75) is 20.6 Å². The van der Waals surface area contributed by atoms with Gasteiger partial charge in [0.2, 0.25) is 0 Å². The van der Waals surface area contributed by atoms with Crippen LogP contribution >= 0.6 is 23.2 Å². The molecular formula is C12H11Cl2N3O2. The summed E-state index contributed by atoms with van der Waals surface area (Å²) in [5, 5.41) is 4.80. The summed E-state index contributed by atoms with van der Waals surface area (Å²) >= 11 is 11.7. The molecule has 7 heteroatoms. The second-order valence-electron chi connectivity index (χ2n) is 3.89. The summed E-state index contributed by atoms with van der Waals surface area (Å²) in [5.74, 6) is 0.764. The van der Waals surface area contributed by atoms with Gasteiger partial charge in [0.15, 0.2) is 6.73 Å². The number of ether oxygens (including phenoxy) is 1. The van der Waals surface area contributed by atoms with Gasteiger partial charge in [0.1, 0.15) is 11.6 Å².